The molecule has 0 aromatic heterocycles. The van der Waals surface area contributed by atoms with E-state index in [0.29, 0.717) is 0 Å². The summed E-state index contributed by atoms with van der Waals surface area (Å²) in [4.78, 5) is 10.0. The van der Waals surface area contributed by atoms with Gasteiger partial charge in [0.1, 0.15) is 6.10 Å². The first-order valence-electron chi connectivity index (χ1n) is 1.94. The number of carbonyl (C=O) groups is 1. The summed E-state index contributed by atoms with van der Waals surface area (Å²) in [5, 5.41) is 8.35. The SMILES string of the molecule is BOC(=O)[C@H](C)O. The van der Waals surface area contributed by atoms with Gasteiger partial charge in [0.05, 0.1) is 0 Å². The average Bonchev–Trinajstić information content (AvgIpc) is 1.65. The summed E-state index contributed by atoms with van der Waals surface area (Å²) >= 11 is 0. The van der Waals surface area contributed by atoms with Crippen LogP contribution in [0.5, 0.6) is 0 Å². The molecule has 0 aliphatic rings. The van der Waals surface area contributed by atoms with Gasteiger partial charge in [-0.05, 0) is 6.92 Å². The fraction of sp³-hybridized carbons (Fsp3) is 0.667. The van der Waals surface area contributed by atoms with Gasteiger partial charge in [0.2, 0.25) is 0 Å². The molecule has 0 saturated heterocycles. The molecule has 0 aliphatic carbocycles. The molecule has 0 aliphatic heterocycles. The van der Waals surface area contributed by atoms with Gasteiger partial charge in [-0.15, -0.1) is 0 Å². The Bertz CT molecular complexity index is 70.6. The van der Waals surface area contributed by atoms with Crippen LogP contribution in [0.15, 0.2) is 0 Å². The van der Waals surface area contributed by atoms with Gasteiger partial charge in [-0.3, -0.25) is 4.79 Å². The van der Waals surface area contributed by atoms with Gasteiger partial charge in [-0.2, -0.15) is 0 Å². The molecule has 0 unspecified atom stereocenters. The summed E-state index contributed by atoms with van der Waals surface area (Å²) in [6.07, 6.45) is -0.995. The molecule has 0 aromatic carbocycles. The predicted molar refractivity (Wildman–Crippen MR) is 26.3 cm³/mol. The van der Waals surface area contributed by atoms with Crippen molar-refractivity contribution in [1.82, 2.24) is 0 Å². The minimum absolute atomic E-state index is 0.597. The molecule has 7 heavy (non-hydrogen) atoms. The number of hydrogen-bond donors (Lipinski definition) is 1. The lowest BCUT2D eigenvalue weighted by atomic mass is 10.4. The lowest BCUT2D eigenvalue weighted by molar-refractivity contribution is -0.142. The maximum atomic E-state index is 10.0. The first-order chi connectivity index (χ1) is 3.18. The van der Waals surface area contributed by atoms with Crippen LogP contribution in [0, 0.1) is 0 Å². The van der Waals surface area contributed by atoms with E-state index < -0.39 is 12.1 Å². The third-order valence-electron chi connectivity index (χ3n) is 0.542. The monoisotopic (exact) mass is 102 g/mol. The van der Waals surface area contributed by atoms with E-state index in [9.17, 15) is 4.79 Å². The lowest BCUT2D eigenvalue weighted by Gasteiger charge is -1.98. The molecule has 0 bridgehead atoms. The summed E-state index contributed by atoms with van der Waals surface area (Å²) in [6.45, 7) is 1.35. The van der Waals surface area contributed by atoms with E-state index in [2.05, 4.69) is 4.65 Å². The molecule has 4 heteroatoms. The largest absolute Gasteiger partial charge is 0.542 e. The van der Waals surface area contributed by atoms with Crippen LogP contribution in [0.1, 0.15) is 6.92 Å². The Balaban J connectivity index is 3.35. The summed E-state index contributed by atoms with van der Waals surface area (Å²) in [7, 11) is 1.23. The Morgan fingerprint density at radius 2 is 2.43 bits per heavy atom. The van der Waals surface area contributed by atoms with Crippen molar-refractivity contribution in [3.05, 3.63) is 0 Å². The van der Waals surface area contributed by atoms with Gasteiger partial charge in [0.15, 0.2) is 0 Å². The Morgan fingerprint density at radius 3 is 2.43 bits per heavy atom. The highest BCUT2D eigenvalue weighted by molar-refractivity contribution is 6.06. The van der Waals surface area contributed by atoms with Crippen LogP contribution < -0.4 is 0 Å². The molecule has 40 valence electrons. The molecule has 0 radical (unpaired) electrons. The summed E-state index contributed by atoms with van der Waals surface area (Å²) in [5.74, 6) is -0.597. The molecule has 1 atom stereocenters. The van der Waals surface area contributed by atoms with E-state index in [1.165, 1.54) is 15.0 Å². The molecule has 3 nitrogen and oxygen atoms in total. The van der Waals surface area contributed by atoms with Crippen molar-refractivity contribution in [2.75, 3.05) is 0 Å². The van der Waals surface area contributed by atoms with E-state index >= 15 is 0 Å². The normalized spacial score (nSPS) is 12.9. The van der Waals surface area contributed by atoms with Crippen LogP contribution in [-0.2, 0) is 9.45 Å². The third-order valence-corrected chi connectivity index (χ3v) is 0.542. The minimum atomic E-state index is -0.995. The summed E-state index contributed by atoms with van der Waals surface area (Å²) in [5.41, 5.74) is 0. The molecule has 0 heterocycles. The molecule has 0 saturated carbocycles. The van der Waals surface area contributed by atoms with E-state index in [1.807, 2.05) is 0 Å². The molecular formula is C3H7BO3. The number of aliphatic hydroxyl groups is 1. The van der Waals surface area contributed by atoms with Crippen LogP contribution in [0.4, 0.5) is 0 Å². The van der Waals surface area contributed by atoms with Crippen molar-refractivity contribution in [3.63, 3.8) is 0 Å². The van der Waals surface area contributed by atoms with Crippen molar-refractivity contribution in [2.45, 2.75) is 13.0 Å². The van der Waals surface area contributed by atoms with Gasteiger partial charge in [-0.25, -0.2) is 0 Å². The van der Waals surface area contributed by atoms with Gasteiger partial charge in [0, 0.05) is 0 Å². The predicted octanol–water partition coefficient (Wildman–Crippen LogP) is -1.54. The molecule has 0 fully saturated rings. The van der Waals surface area contributed by atoms with Gasteiger partial charge in [-0.1, -0.05) is 0 Å². The second kappa shape index (κ2) is 2.63. The first-order valence-corrected chi connectivity index (χ1v) is 1.94. The fourth-order valence-corrected chi connectivity index (χ4v) is 0.171. The second-order valence-corrected chi connectivity index (χ2v) is 1.20. The minimum Gasteiger partial charge on any atom is -0.542 e. The summed E-state index contributed by atoms with van der Waals surface area (Å²) in [6, 6.07) is 0. The Kier molecular flexibility index (Phi) is 2.44. The van der Waals surface area contributed by atoms with Crippen LogP contribution in [0.25, 0.3) is 0 Å². The third kappa shape index (κ3) is 2.22. The first kappa shape index (κ1) is 6.49. The van der Waals surface area contributed by atoms with E-state index in [1.54, 1.807) is 0 Å². The zero-order valence-corrected chi connectivity index (χ0v) is 4.34. The smallest absolute Gasteiger partial charge is 0.326 e. The molecule has 0 aromatic rings. The van der Waals surface area contributed by atoms with Crippen molar-refractivity contribution < 1.29 is 14.6 Å². The molecule has 0 spiro atoms. The zero-order chi connectivity index (χ0) is 5.86. The quantitative estimate of drug-likeness (QED) is 0.408. The van der Waals surface area contributed by atoms with Crippen molar-refractivity contribution in [2.24, 2.45) is 0 Å². The summed E-state index contributed by atoms with van der Waals surface area (Å²) < 4.78 is 4.12. The standard InChI is InChI=1S/C3H7BO3/c1-2(5)3(6)7-4/h2,5H,4H2,1H3/t2-/m0/s1. The number of carbonyl (C=O) groups excluding carboxylic acids is 1. The van der Waals surface area contributed by atoms with Crippen LogP contribution in [0.2, 0.25) is 0 Å². The van der Waals surface area contributed by atoms with Crippen molar-refractivity contribution >= 4 is 14.0 Å². The topological polar surface area (TPSA) is 46.5 Å². The Labute approximate surface area is 42.7 Å². The van der Waals surface area contributed by atoms with Gasteiger partial charge < -0.3 is 9.76 Å². The van der Waals surface area contributed by atoms with E-state index in [-0.39, 0.29) is 0 Å². The highest BCUT2D eigenvalue weighted by atomic mass is 16.5. The van der Waals surface area contributed by atoms with Gasteiger partial charge in [0.25, 0.3) is 0 Å². The molecular weight excluding hydrogens is 94.8 g/mol. The van der Waals surface area contributed by atoms with Crippen molar-refractivity contribution in [3.8, 4) is 0 Å². The van der Waals surface area contributed by atoms with Crippen LogP contribution >= 0.6 is 0 Å². The van der Waals surface area contributed by atoms with Crippen LogP contribution in [0.3, 0.4) is 0 Å². The number of aliphatic hydroxyl groups excluding tert-OH is 1. The number of hydrogen-bond acceptors (Lipinski definition) is 3. The average molecular weight is 102 g/mol. The van der Waals surface area contributed by atoms with E-state index in [0.717, 1.165) is 0 Å². The zero-order valence-electron chi connectivity index (χ0n) is 4.34. The lowest BCUT2D eigenvalue weighted by Crippen LogP contribution is -2.17. The molecule has 0 rings (SSSR count). The highest BCUT2D eigenvalue weighted by Crippen LogP contribution is 1.80. The Morgan fingerprint density at radius 1 is 2.00 bits per heavy atom. The fourth-order valence-electron chi connectivity index (χ4n) is 0.171. The number of rotatable bonds is 1. The molecule has 1 N–H and O–H groups in total. The maximum absolute atomic E-state index is 10.0. The van der Waals surface area contributed by atoms with Crippen LogP contribution in [-0.4, -0.2) is 25.2 Å². The molecule has 0 amide bonds. The second-order valence-electron chi connectivity index (χ2n) is 1.20. The maximum Gasteiger partial charge on any atom is 0.326 e. The Hall–Kier alpha value is -0.505. The highest BCUT2D eigenvalue weighted by Gasteiger charge is 2.04. The van der Waals surface area contributed by atoms with Crippen molar-refractivity contribution in [1.29, 1.82) is 0 Å². The van der Waals surface area contributed by atoms with E-state index in [4.69, 9.17) is 5.11 Å². The van der Waals surface area contributed by atoms with Gasteiger partial charge >= 0.3 is 14.0 Å².